The highest BCUT2D eigenvalue weighted by Gasteiger charge is 2.02. The molecule has 4 nitrogen and oxygen atoms in total. The number of imidazole rings is 1. The second kappa shape index (κ2) is 2.97. The van der Waals surface area contributed by atoms with Crippen molar-refractivity contribution in [1.29, 1.82) is 0 Å². The Hall–Kier alpha value is -1.71. The largest absolute Gasteiger partial charge is 0.497 e. The van der Waals surface area contributed by atoms with E-state index in [0.717, 1.165) is 10.5 Å². The number of hydrogen-bond acceptors (Lipinski definition) is 3. The predicted molar refractivity (Wildman–Crippen MR) is 49.2 cm³/mol. The number of benzene rings is 1. The molecule has 0 aliphatic heterocycles. The van der Waals surface area contributed by atoms with E-state index in [1.54, 1.807) is 25.3 Å². The lowest BCUT2D eigenvalue weighted by atomic mass is 10.3. The second-order valence-electron chi connectivity index (χ2n) is 2.56. The van der Waals surface area contributed by atoms with Crippen molar-refractivity contribution in [3.63, 3.8) is 0 Å². The molecule has 68 valence electrons. The Kier molecular flexibility index (Phi) is 1.55. The summed E-state index contributed by atoms with van der Waals surface area (Å²) in [5, 5.41) is 0. The van der Waals surface area contributed by atoms with Gasteiger partial charge >= 0.3 is 0 Å². The van der Waals surface area contributed by atoms with Crippen molar-refractivity contribution in [1.82, 2.24) is 9.96 Å². The first-order valence-electron chi connectivity index (χ1n) is 4.30. The lowest BCUT2D eigenvalue weighted by Crippen LogP contribution is -1.82. The minimum absolute atomic E-state index is 0.272. The molecule has 0 atom stereocenters. The van der Waals surface area contributed by atoms with Crippen molar-refractivity contribution in [2.24, 2.45) is 0 Å². The van der Waals surface area contributed by atoms with Crippen LogP contribution in [0.15, 0.2) is 18.2 Å². The first-order chi connectivity index (χ1) is 6.76. The van der Waals surface area contributed by atoms with E-state index in [9.17, 15) is 0 Å². The van der Waals surface area contributed by atoms with E-state index >= 15 is 0 Å². The van der Waals surface area contributed by atoms with Crippen LogP contribution in [0.1, 0.15) is 0 Å². The smallest absolute Gasteiger partial charge is 0.294 e. The molecule has 1 heterocycles. The van der Waals surface area contributed by atoms with Crippen LogP contribution in [0.3, 0.4) is 0 Å². The first-order valence-corrected chi connectivity index (χ1v) is 3.86. The molecule has 0 aliphatic rings. The monoisotopic (exact) mass is 179 g/mol. The lowest BCUT2D eigenvalue weighted by molar-refractivity contribution is 0.386. The number of nitrogens with one attached hydrogen (secondary N) is 1. The summed E-state index contributed by atoms with van der Waals surface area (Å²) in [4.78, 5) is 5.24. The molecular weight excluding hydrogens is 168 g/mol. The van der Waals surface area contributed by atoms with Gasteiger partial charge in [0.05, 0.1) is 25.3 Å². The van der Waals surface area contributed by atoms with Crippen LogP contribution in [0.5, 0.6) is 11.8 Å². The lowest BCUT2D eigenvalue weighted by Gasteiger charge is -1.96. The number of H-pyrrole nitrogens is 1. The van der Waals surface area contributed by atoms with Crippen LogP contribution < -0.4 is 9.47 Å². The molecule has 1 N–H and O–H groups in total. The van der Waals surface area contributed by atoms with Gasteiger partial charge < -0.3 is 14.5 Å². The quantitative estimate of drug-likeness (QED) is 0.761. The zero-order chi connectivity index (χ0) is 10.1. The number of ether oxygens (including phenoxy) is 2. The Labute approximate surface area is 77.0 Å². The fourth-order valence-corrected chi connectivity index (χ4v) is 1.14. The van der Waals surface area contributed by atoms with E-state index in [-0.39, 0.29) is 6.01 Å². The fourth-order valence-electron chi connectivity index (χ4n) is 1.14. The highest BCUT2D eigenvalue weighted by molar-refractivity contribution is 5.77. The molecule has 2 rings (SSSR count). The van der Waals surface area contributed by atoms with Gasteiger partial charge in [0.1, 0.15) is 5.75 Å². The van der Waals surface area contributed by atoms with Crippen LogP contribution in [-0.4, -0.2) is 24.2 Å². The summed E-state index contributed by atoms with van der Waals surface area (Å²) < 4.78 is 17.6. The van der Waals surface area contributed by atoms with E-state index < -0.39 is 0 Å². The average molecular weight is 179 g/mol. The molecule has 0 unspecified atom stereocenters. The molecule has 1 aromatic heterocycles. The molecule has 4 heteroatoms. The van der Waals surface area contributed by atoms with Gasteiger partial charge in [0, 0.05) is 6.07 Å². The van der Waals surface area contributed by atoms with Crippen LogP contribution in [0.25, 0.3) is 11.0 Å². The van der Waals surface area contributed by atoms with Crippen molar-refractivity contribution < 1.29 is 10.9 Å². The highest BCUT2D eigenvalue weighted by Crippen LogP contribution is 2.20. The summed E-state index contributed by atoms with van der Waals surface area (Å²) in [6.07, 6.45) is 0. The molecule has 0 bridgehead atoms. The van der Waals surface area contributed by atoms with Gasteiger partial charge in [-0.05, 0) is 12.1 Å². The minimum atomic E-state index is 0.272. The number of aromatic nitrogens is 2. The van der Waals surface area contributed by atoms with Gasteiger partial charge in [-0.15, -0.1) is 0 Å². The zero-order valence-electron chi connectivity index (χ0n) is 8.44. The Bertz CT molecular complexity index is 467. The van der Waals surface area contributed by atoms with Gasteiger partial charge in [-0.3, -0.25) is 0 Å². The van der Waals surface area contributed by atoms with E-state index in [4.69, 9.17) is 10.9 Å². The molecule has 2 aromatic rings. The summed E-state index contributed by atoms with van der Waals surface area (Å²) in [5.74, 6) is 0.702. The molecule has 0 fully saturated rings. The molecule has 0 spiro atoms. The summed E-state index contributed by atoms with van der Waals surface area (Å²) >= 11 is 0. The third kappa shape index (κ3) is 1.30. The standard InChI is InChI=1S/C9H10N2O2/c1-12-6-3-4-7-8(5-6)11-9(10-7)13-2/h3-5H,1-2H3,(H,10,11)/i/hD. The summed E-state index contributed by atoms with van der Waals surface area (Å²) in [6.45, 7) is 0. The number of methoxy groups -OCH3 is 2. The van der Waals surface area contributed by atoms with Gasteiger partial charge in [0.25, 0.3) is 6.01 Å². The topological polar surface area (TPSA) is 47.1 Å². The van der Waals surface area contributed by atoms with Crippen molar-refractivity contribution >= 4 is 11.0 Å². The average Bonchev–Trinajstić information content (AvgIpc) is 2.55. The molecular formula is C9H10N2O2. The SMILES string of the molecule is [2H]n1c(OC)nc2ccc(OC)cc21. The maximum absolute atomic E-state index is 7.66. The molecule has 0 aliphatic carbocycles. The number of rotatable bonds is 2. The molecule has 13 heavy (non-hydrogen) atoms. The maximum atomic E-state index is 7.66. The third-order valence-corrected chi connectivity index (χ3v) is 1.80. The van der Waals surface area contributed by atoms with Gasteiger partial charge in [-0.2, -0.15) is 4.98 Å². The van der Waals surface area contributed by atoms with Crippen LogP contribution in [-0.2, 0) is 0 Å². The van der Waals surface area contributed by atoms with E-state index in [1.165, 1.54) is 7.11 Å². The van der Waals surface area contributed by atoms with Gasteiger partial charge in [-0.25, -0.2) is 0 Å². The predicted octanol–water partition coefficient (Wildman–Crippen LogP) is 1.58. The molecule has 0 saturated carbocycles. The summed E-state index contributed by atoms with van der Waals surface area (Å²) in [6, 6.07) is 5.61. The van der Waals surface area contributed by atoms with E-state index in [0.29, 0.717) is 11.3 Å². The molecule has 1 aromatic carbocycles. The Morgan fingerprint density at radius 2 is 2.23 bits per heavy atom. The van der Waals surface area contributed by atoms with Gasteiger partial charge in [-0.1, -0.05) is 0 Å². The van der Waals surface area contributed by atoms with Crippen molar-refractivity contribution in [3.05, 3.63) is 18.2 Å². The van der Waals surface area contributed by atoms with Crippen LogP contribution in [0.2, 0.25) is 1.41 Å². The number of nitrogens with zero attached hydrogens (tertiary/aromatic N) is 1. The molecule has 0 radical (unpaired) electrons. The third-order valence-electron chi connectivity index (χ3n) is 1.80. The summed E-state index contributed by atoms with van der Waals surface area (Å²) in [7, 11) is 3.08. The van der Waals surface area contributed by atoms with E-state index in [1.807, 2.05) is 0 Å². The Morgan fingerprint density at radius 1 is 1.38 bits per heavy atom. The van der Waals surface area contributed by atoms with Crippen molar-refractivity contribution in [2.75, 3.05) is 14.2 Å². The number of aromatic amines is 1. The van der Waals surface area contributed by atoms with E-state index in [2.05, 4.69) is 4.98 Å². The van der Waals surface area contributed by atoms with Crippen LogP contribution >= 0.6 is 0 Å². The van der Waals surface area contributed by atoms with Gasteiger partial charge in [0.2, 0.25) is 0 Å². The number of hydrogen-bond donors (Lipinski definition) is 1. The van der Waals surface area contributed by atoms with Gasteiger partial charge in [0.15, 0.2) is 1.41 Å². The second-order valence-corrected chi connectivity index (χ2v) is 2.56. The van der Waals surface area contributed by atoms with Crippen molar-refractivity contribution in [2.45, 2.75) is 0 Å². The summed E-state index contributed by atoms with van der Waals surface area (Å²) in [5.41, 5.74) is 1.39. The zero-order valence-corrected chi connectivity index (χ0v) is 7.44. The molecule has 0 amide bonds. The van der Waals surface area contributed by atoms with Crippen LogP contribution in [0, 0.1) is 0 Å². The Balaban J connectivity index is 2.68. The van der Waals surface area contributed by atoms with Crippen molar-refractivity contribution in [3.8, 4) is 11.8 Å². The molecule has 0 saturated heterocycles. The minimum Gasteiger partial charge on any atom is -0.497 e. The maximum Gasteiger partial charge on any atom is 0.294 e. The van der Waals surface area contributed by atoms with Crippen LogP contribution in [0.4, 0.5) is 0 Å². The highest BCUT2D eigenvalue weighted by atomic mass is 16.5. The Morgan fingerprint density at radius 3 is 2.92 bits per heavy atom. The fraction of sp³-hybridized carbons (Fsp3) is 0.222. The number of fused-ring (bicyclic) bond motifs is 1. The normalized spacial score (nSPS) is 11.4. The first kappa shape index (κ1) is 6.77.